The van der Waals surface area contributed by atoms with Gasteiger partial charge in [-0.25, -0.2) is 9.78 Å². The number of nitrogens with zero attached hydrogens (tertiary/aromatic N) is 1. The first kappa shape index (κ1) is 13.8. The summed E-state index contributed by atoms with van der Waals surface area (Å²) in [6, 6.07) is 3.44. The van der Waals surface area contributed by atoms with E-state index in [-0.39, 0.29) is 17.7 Å². The lowest BCUT2D eigenvalue weighted by Crippen LogP contribution is -2.26. The Kier molecular flexibility index (Phi) is 3.84. The van der Waals surface area contributed by atoms with E-state index in [9.17, 15) is 14.7 Å². The van der Waals surface area contributed by atoms with Crippen LogP contribution in [0.4, 0.5) is 0 Å². The van der Waals surface area contributed by atoms with Gasteiger partial charge in [0.2, 0.25) is 0 Å². The molecule has 0 atom stereocenters. The molecule has 0 fully saturated rings. The number of amides is 1. The molecule has 0 unspecified atom stereocenters. The van der Waals surface area contributed by atoms with E-state index in [1.165, 1.54) is 6.33 Å². The summed E-state index contributed by atoms with van der Waals surface area (Å²) < 4.78 is 0. The summed E-state index contributed by atoms with van der Waals surface area (Å²) in [6.45, 7) is 3.66. The highest BCUT2D eigenvalue weighted by molar-refractivity contribution is 6.06. The van der Waals surface area contributed by atoms with Crippen LogP contribution in [0.3, 0.4) is 0 Å². The van der Waals surface area contributed by atoms with Crippen molar-refractivity contribution in [2.24, 2.45) is 0 Å². The number of aromatic amines is 1. The molecule has 6 heteroatoms. The number of carboxylic acids is 1. The Hall–Kier alpha value is -2.63. The first-order valence-corrected chi connectivity index (χ1v) is 6.09. The zero-order valence-corrected chi connectivity index (χ0v) is 11.2. The molecule has 0 aliphatic heterocycles. The van der Waals surface area contributed by atoms with Crippen molar-refractivity contribution >= 4 is 11.9 Å². The van der Waals surface area contributed by atoms with Crippen LogP contribution >= 0.6 is 0 Å². The van der Waals surface area contributed by atoms with Gasteiger partial charge >= 0.3 is 5.97 Å². The first-order chi connectivity index (χ1) is 9.50. The minimum atomic E-state index is -1.10. The van der Waals surface area contributed by atoms with Gasteiger partial charge < -0.3 is 15.4 Å². The molecule has 6 nitrogen and oxygen atoms in total. The van der Waals surface area contributed by atoms with Gasteiger partial charge in [-0.1, -0.05) is 12.1 Å². The Labute approximate surface area is 115 Å². The van der Waals surface area contributed by atoms with Gasteiger partial charge in [-0.3, -0.25) is 4.79 Å². The second-order valence-corrected chi connectivity index (χ2v) is 4.51. The maximum Gasteiger partial charge on any atom is 0.336 e. The predicted octanol–water partition coefficient (Wildman–Crippen LogP) is 1.65. The minimum absolute atomic E-state index is 0.0483. The van der Waals surface area contributed by atoms with Crippen molar-refractivity contribution in [1.82, 2.24) is 15.3 Å². The van der Waals surface area contributed by atoms with Gasteiger partial charge in [-0.15, -0.1) is 0 Å². The number of aryl methyl sites for hydroxylation is 2. The fourth-order valence-corrected chi connectivity index (χ4v) is 2.02. The van der Waals surface area contributed by atoms with Gasteiger partial charge in [-0.05, 0) is 25.0 Å². The third kappa shape index (κ3) is 2.69. The van der Waals surface area contributed by atoms with E-state index in [4.69, 9.17) is 0 Å². The number of aromatic nitrogens is 2. The van der Waals surface area contributed by atoms with E-state index in [1.54, 1.807) is 32.2 Å². The van der Waals surface area contributed by atoms with Crippen LogP contribution in [0.2, 0.25) is 0 Å². The topological polar surface area (TPSA) is 95.1 Å². The van der Waals surface area contributed by atoms with Crippen molar-refractivity contribution in [3.63, 3.8) is 0 Å². The summed E-state index contributed by atoms with van der Waals surface area (Å²) in [5.41, 5.74) is 2.20. The zero-order valence-electron chi connectivity index (χ0n) is 11.2. The molecular formula is C14H15N3O3. The number of carbonyl (C=O) groups is 2. The third-order valence-electron chi connectivity index (χ3n) is 3.06. The van der Waals surface area contributed by atoms with Crippen LogP contribution in [0.15, 0.2) is 24.7 Å². The molecule has 0 spiro atoms. The number of carboxylic acid groups (broad SMARTS) is 1. The van der Waals surface area contributed by atoms with E-state index < -0.39 is 11.9 Å². The zero-order chi connectivity index (χ0) is 14.7. The van der Waals surface area contributed by atoms with Crippen LogP contribution in [0.1, 0.15) is 37.5 Å². The average molecular weight is 273 g/mol. The molecular weight excluding hydrogens is 258 g/mol. The molecule has 0 aliphatic rings. The second kappa shape index (κ2) is 5.56. The molecule has 0 aliphatic carbocycles. The van der Waals surface area contributed by atoms with Gasteiger partial charge in [0.25, 0.3) is 5.91 Å². The number of benzene rings is 1. The first-order valence-electron chi connectivity index (χ1n) is 6.09. The number of aromatic carboxylic acids is 1. The number of rotatable bonds is 4. The van der Waals surface area contributed by atoms with Crippen LogP contribution in [0.5, 0.6) is 0 Å². The average Bonchev–Trinajstić information content (AvgIpc) is 2.91. The van der Waals surface area contributed by atoms with Crippen LogP contribution < -0.4 is 5.32 Å². The fraction of sp³-hybridized carbons (Fsp3) is 0.214. The summed E-state index contributed by atoms with van der Waals surface area (Å²) in [4.78, 5) is 30.3. The molecule has 0 saturated heterocycles. The number of imidazole rings is 1. The maximum absolute atomic E-state index is 12.2. The Morgan fingerprint density at radius 2 is 1.90 bits per heavy atom. The van der Waals surface area contributed by atoms with Crippen molar-refractivity contribution in [2.45, 2.75) is 20.4 Å². The molecule has 104 valence electrons. The number of nitrogens with one attached hydrogen (secondary N) is 2. The number of H-pyrrole nitrogens is 1. The normalized spacial score (nSPS) is 10.3. The van der Waals surface area contributed by atoms with Crippen molar-refractivity contribution in [3.8, 4) is 0 Å². The van der Waals surface area contributed by atoms with E-state index in [2.05, 4.69) is 15.3 Å². The summed E-state index contributed by atoms with van der Waals surface area (Å²) >= 11 is 0. The maximum atomic E-state index is 12.2. The molecule has 1 amide bonds. The van der Waals surface area contributed by atoms with E-state index in [1.807, 2.05) is 0 Å². The standard InChI is InChI=1S/C14H15N3O3/c1-8-3-4-9(2)12(14(19)20)11(8)13(18)16-6-10-5-15-7-17-10/h3-5,7H,6H2,1-2H3,(H,15,17)(H,16,18)(H,19,20). The molecule has 0 radical (unpaired) electrons. The van der Waals surface area contributed by atoms with Gasteiger partial charge in [0.15, 0.2) is 0 Å². The van der Waals surface area contributed by atoms with Crippen molar-refractivity contribution in [3.05, 3.63) is 52.6 Å². The smallest absolute Gasteiger partial charge is 0.336 e. The fourth-order valence-electron chi connectivity index (χ4n) is 2.02. The molecule has 1 aromatic carbocycles. The van der Waals surface area contributed by atoms with Crippen molar-refractivity contribution in [1.29, 1.82) is 0 Å². The van der Waals surface area contributed by atoms with E-state index >= 15 is 0 Å². The summed E-state index contributed by atoms with van der Waals surface area (Å²) in [5.74, 6) is -1.50. The highest BCUT2D eigenvalue weighted by atomic mass is 16.4. The van der Waals surface area contributed by atoms with Crippen LogP contribution in [-0.4, -0.2) is 27.0 Å². The second-order valence-electron chi connectivity index (χ2n) is 4.51. The predicted molar refractivity (Wildman–Crippen MR) is 72.6 cm³/mol. The van der Waals surface area contributed by atoms with Gasteiger partial charge in [0, 0.05) is 6.20 Å². The number of hydrogen-bond acceptors (Lipinski definition) is 3. The van der Waals surface area contributed by atoms with Crippen LogP contribution in [-0.2, 0) is 6.54 Å². The Bertz CT molecular complexity index is 648. The lowest BCUT2D eigenvalue weighted by atomic mass is 9.96. The Morgan fingerprint density at radius 3 is 2.45 bits per heavy atom. The summed E-state index contributed by atoms with van der Waals surface area (Å²) in [5, 5.41) is 12.0. The molecule has 3 N–H and O–H groups in total. The largest absolute Gasteiger partial charge is 0.478 e. The Morgan fingerprint density at radius 1 is 1.25 bits per heavy atom. The van der Waals surface area contributed by atoms with Crippen LogP contribution in [0.25, 0.3) is 0 Å². The third-order valence-corrected chi connectivity index (χ3v) is 3.06. The van der Waals surface area contributed by atoms with Crippen molar-refractivity contribution < 1.29 is 14.7 Å². The van der Waals surface area contributed by atoms with E-state index in [0.717, 1.165) is 5.69 Å². The SMILES string of the molecule is Cc1ccc(C)c(C(=O)NCc2cnc[nH]2)c1C(=O)O. The summed E-state index contributed by atoms with van der Waals surface area (Å²) in [6.07, 6.45) is 3.11. The monoisotopic (exact) mass is 273 g/mol. The van der Waals surface area contributed by atoms with Gasteiger partial charge in [0.05, 0.1) is 29.7 Å². The minimum Gasteiger partial charge on any atom is -0.478 e. The highest BCUT2D eigenvalue weighted by Gasteiger charge is 2.21. The molecule has 1 heterocycles. The molecule has 20 heavy (non-hydrogen) atoms. The summed E-state index contributed by atoms with van der Waals surface area (Å²) in [7, 11) is 0. The lowest BCUT2D eigenvalue weighted by molar-refractivity contribution is 0.0690. The highest BCUT2D eigenvalue weighted by Crippen LogP contribution is 2.19. The number of carbonyl (C=O) groups excluding carboxylic acids is 1. The van der Waals surface area contributed by atoms with Gasteiger partial charge in [0.1, 0.15) is 0 Å². The van der Waals surface area contributed by atoms with Crippen LogP contribution in [0, 0.1) is 13.8 Å². The quantitative estimate of drug-likeness (QED) is 0.789. The molecule has 2 rings (SSSR count). The molecule has 2 aromatic rings. The van der Waals surface area contributed by atoms with E-state index in [0.29, 0.717) is 11.1 Å². The van der Waals surface area contributed by atoms with Gasteiger partial charge in [-0.2, -0.15) is 0 Å². The van der Waals surface area contributed by atoms with Crippen molar-refractivity contribution in [2.75, 3.05) is 0 Å². The molecule has 0 saturated carbocycles. The molecule has 1 aromatic heterocycles. The lowest BCUT2D eigenvalue weighted by Gasteiger charge is -2.12. The Balaban J connectivity index is 2.29. The number of hydrogen-bond donors (Lipinski definition) is 3. The molecule has 0 bridgehead atoms.